The minimum absolute atomic E-state index is 0.0265. The molecule has 0 spiro atoms. The van der Waals surface area contributed by atoms with Crippen LogP contribution in [0.5, 0.6) is 5.75 Å². The van der Waals surface area contributed by atoms with Crippen LogP contribution in [0.4, 0.5) is 5.69 Å². The third kappa shape index (κ3) is 12.3. The molecule has 1 saturated carbocycles. The number of unbranched alkanes of at least 4 members (excludes halogenated alkanes) is 2. The number of nitrogens with zero attached hydrogens (tertiary/aromatic N) is 3. The Morgan fingerprint density at radius 3 is 2.31 bits per heavy atom. The Bertz CT molecular complexity index is 2440. The van der Waals surface area contributed by atoms with Crippen molar-refractivity contribution < 1.29 is 33.8 Å². The molecular formula is C53H67ClN6O7S. The molecule has 3 amide bonds. The van der Waals surface area contributed by atoms with Crippen LogP contribution in [0.15, 0.2) is 72.2 Å². The zero-order chi connectivity index (χ0) is 49.6. The number of hydrogen-bond acceptors (Lipinski definition) is 11. The van der Waals surface area contributed by atoms with E-state index in [0.717, 1.165) is 46.6 Å². The summed E-state index contributed by atoms with van der Waals surface area (Å²) in [7, 11) is 0. The number of aliphatic hydroxyl groups is 1. The third-order valence-electron chi connectivity index (χ3n) is 13.5. The van der Waals surface area contributed by atoms with E-state index in [9.17, 15) is 29.5 Å². The van der Waals surface area contributed by atoms with Crippen molar-refractivity contribution >= 4 is 52.1 Å². The van der Waals surface area contributed by atoms with Gasteiger partial charge in [0.25, 0.3) is 5.91 Å². The number of ketones is 1. The van der Waals surface area contributed by atoms with Gasteiger partial charge in [0.15, 0.2) is 5.78 Å². The summed E-state index contributed by atoms with van der Waals surface area (Å²) in [6, 6.07) is 20.8. The Kier molecular flexibility index (Phi) is 16.8. The number of ether oxygens (including phenoxy) is 2. The largest absolute Gasteiger partial charge is 0.489 e. The van der Waals surface area contributed by atoms with E-state index >= 15 is 0 Å². The number of aromatic nitrogens is 1. The van der Waals surface area contributed by atoms with Crippen molar-refractivity contribution in [3.8, 4) is 22.3 Å². The lowest BCUT2D eigenvalue weighted by molar-refractivity contribution is -0.164. The molecule has 4 atom stereocenters. The van der Waals surface area contributed by atoms with Gasteiger partial charge in [-0.2, -0.15) is 5.26 Å². The number of β-amino-alcohol motifs (C(OH)–C–C–N with tert-alkyl or cyclic N) is 1. The van der Waals surface area contributed by atoms with Crippen LogP contribution < -0.4 is 20.7 Å². The first-order valence-corrected chi connectivity index (χ1v) is 24.8. The van der Waals surface area contributed by atoms with Gasteiger partial charge in [-0.3, -0.25) is 19.2 Å². The smallest absolute Gasteiger partial charge is 0.251 e. The number of Topliss-reactive ketones (excluding diaryl/α,β-unsaturated/α-hetero) is 1. The van der Waals surface area contributed by atoms with Gasteiger partial charge in [0.2, 0.25) is 11.8 Å². The minimum atomic E-state index is -0.924. The van der Waals surface area contributed by atoms with Gasteiger partial charge < -0.3 is 35.4 Å². The molecule has 0 unspecified atom stereocenters. The predicted octanol–water partition coefficient (Wildman–Crippen LogP) is 9.11. The number of thiazole rings is 1. The van der Waals surface area contributed by atoms with Gasteiger partial charge in [-0.25, -0.2) is 4.98 Å². The quantitative estimate of drug-likeness (QED) is 0.0624. The summed E-state index contributed by atoms with van der Waals surface area (Å²) in [5.74, 6) is -0.608. The fourth-order valence-corrected chi connectivity index (χ4v) is 11.0. The van der Waals surface area contributed by atoms with Crippen molar-refractivity contribution in [3.63, 3.8) is 0 Å². The van der Waals surface area contributed by atoms with E-state index in [-0.39, 0.29) is 66.6 Å². The van der Waals surface area contributed by atoms with E-state index in [1.165, 1.54) is 4.90 Å². The second kappa shape index (κ2) is 22.0. The van der Waals surface area contributed by atoms with Gasteiger partial charge in [0.05, 0.1) is 38.8 Å². The number of carbonyl (C=O) groups excluding carboxylic acids is 4. The van der Waals surface area contributed by atoms with Crippen LogP contribution in [-0.2, 0) is 19.1 Å². The van der Waals surface area contributed by atoms with Crippen LogP contribution in [0.25, 0.3) is 10.4 Å². The Morgan fingerprint density at radius 2 is 1.69 bits per heavy atom. The van der Waals surface area contributed by atoms with E-state index in [1.807, 2.05) is 76.5 Å². The summed E-state index contributed by atoms with van der Waals surface area (Å²) in [5.41, 5.74) is 5.31. The standard InChI is InChI=1S/C53H67ClN6O7S/c1-32(34-13-15-35(16-14-34)45-33(2)57-31-68-45)25-43(62)42-26-39(61)29-60(42)48(65)46(51(3,4)5)58-44(63)30-66-24-12-10-11-23-56-38-20-17-36(18-21-38)47(64)59-49-52(6,7)50(53(49,8)9)67-40-22-19-37(28-55)41(54)27-40/h13-22,27,31-32,39,42,46,49-50,56,61H,10-12,23-26,29-30H2,1-9H3,(H,58,63)(H,59,64)/t32-,39-,42+,46-,49?,50?/m0/s1. The normalized spacial score (nSPS) is 20.4. The Balaban J connectivity index is 0.887. The minimum Gasteiger partial charge on any atom is -0.489 e. The molecule has 0 bridgehead atoms. The van der Waals surface area contributed by atoms with Crippen molar-refractivity contribution in [3.05, 3.63) is 99.6 Å². The average Bonchev–Trinajstić information content (AvgIpc) is 3.91. The molecule has 2 aliphatic rings. The maximum atomic E-state index is 14.1. The monoisotopic (exact) mass is 966 g/mol. The molecule has 13 nitrogen and oxygen atoms in total. The van der Waals surface area contributed by atoms with Gasteiger partial charge in [0, 0.05) is 66.7 Å². The van der Waals surface area contributed by atoms with Gasteiger partial charge in [-0.05, 0) is 85.0 Å². The molecule has 1 aliphatic carbocycles. The number of likely N-dealkylation sites (tertiary alicyclic amines) is 1. The first-order chi connectivity index (χ1) is 32.1. The SMILES string of the molecule is Cc1ncsc1-c1ccc([C@@H](C)CC(=O)[C@H]2C[C@H](O)CN2C(=O)[C@H](NC(=O)COCCCCCNc2ccc(C(=O)NC3C(C)(C)C(Oc4ccc(C#N)c(Cl)c4)C3(C)C)cc2)C(C)(C)C)cc1. The second-order valence-electron chi connectivity index (χ2n) is 20.6. The van der Waals surface area contributed by atoms with Gasteiger partial charge in [-0.1, -0.05) is 91.3 Å². The molecule has 364 valence electrons. The number of anilines is 1. The number of hydrogen-bond donors (Lipinski definition) is 4. The zero-order valence-electron chi connectivity index (χ0n) is 40.8. The number of carbonyl (C=O) groups is 4. The molecule has 4 aromatic rings. The highest BCUT2D eigenvalue weighted by atomic mass is 35.5. The van der Waals surface area contributed by atoms with Crippen LogP contribution in [0, 0.1) is 34.5 Å². The molecule has 6 rings (SSSR count). The maximum Gasteiger partial charge on any atom is 0.251 e. The second-order valence-corrected chi connectivity index (χ2v) is 21.9. The molecule has 3 aromatic carbocycles. The lowest BCUT2D eigenvalue weighted by atomic mass is 9.49. The Labute approximate surface area is 410 Å². The predicted molar refractivity (Wildman–Crippen MR) is 267 cm³/mol. The van der Waals surface area contributed by atoms with Gasteiger partial charge in [0.1, 0.15) is 30.6 Å². The van der Waals surface area contributed by atoms with Crippen molar-refractivity contribution in [2.24, 2.45) is 16.2 Å². The van der Waals surface area contributed by atoms with Gasteiger partial charge >= 0.3 is 0 Å². The maximum absolute atomic E-state index is 14.1. The first-order valence-electron chi connectivity index (χ1n) is 23.5. The molecule has 15 heteroatoms. The molecular weight excluding hydrogens is 900 g/mol. The molecule has 1 aliphatic heterocycles. The van der Waals surface area contributed by atoms with Crippen molar-refractivity contribution in [2.75, 3.05) is 31.6 Å². The summed E-state index contributed by atoms with van der Waals surface area (Å²) in [5, 5.41) is 29.7. The molecule has 2 fully saturated rings. The number of nitriles is 1. The molecule has 2 heterocycles. The Hall–Kier alpha value is -5.33. The number of amides is 3. The fourth-order valence-electron chi connectivity index (χ4n) is 9.93. The van der Waals surface area contributed by atoms with Crippen LogP contribution in [0.3, 0.4) is 0 Å². The summed E-state index contributed by atoms with van der Waals surface area (Å²) < 4.78 is 12.1. The van der Waals surface area contributed by atoms with E-state index in [4.69, 9.17) is 21.1 Å². The fraction of sp³-hybridized carbons (Fsp3) is 0.509. The number of nitrogens with one attached hydrogen (secondary N) is 3. The van der Waals surface area contributed by atoms with E-state index < -0.39 is 35.4 Å². The number of aliphatic hydroxyl groups excluding tert-OH is 1. The topological polar surface area (TPSA) is 183 Å². The van der Waals surface area contributed by atoms with Crippen LogP contribution in [-0.4, -0.2) is 95.1 Å². The first kappa shape index (κ1) is 52.0. The lowest BCUT2D eigenvalue weighted by Gasteiger charge is -2.63. The number of rotatable bonds is 20. The van der Waals surface area contributed by atoms with Crippen molar-refractivity contribution in [1.29, 1.82) is 5.26 Å². The molecule has 68 heavy (non-hydrogen) atoms. The third-order valence-corrected chi connectivity index (χ3v) is 14.7. The zero-order valence-corrected chi connectivity index (χ0v) is 42.4. The molecule has 0 radical (unpaired) electrons. The van der Waals surface area contributed by atoms with Crippen LogP contribution in [0.2, 0.25) is 5.02 Å². The summed E-state index contributed by atoms with van der Waals surface area (Å²) in [4.78, 5) is 61.2. The lowest BCUT2D eigenvalue weighted by Crippen LogP contribution is -2.74. The number of aryl methyl sites for hydroxylation is 1. The van der Waals surface area contributed by atoms with Crippen LogP contribution in [0.1, 0.15) is 121 Å². The van der Waals surface area contributed by atoms with Crippen molar-refractivity contribution in [1.82, 2.24) is 20.5 Å². The van der Waals surface area contributed by atoms with E-state index in [0.29, 0.717) is 35.1 Å². The van der Waals surface area contributed by atoms with Crippen LogP contribution >= 0.6 is 22.9 Å². The highest BCUT2D eigenvalue weighted by Gasteiger charge is 2.64. The number of halogens is 1. The summed E-state index contributed by atoms with van der Waals surface area (Å²) in [6.45, 7) is 18.7. The van der Waals surface area contributed by atoms with Crippen molar-refractivity contribution in [2.45, 2.75) is 131 Å². The molecule has 4 N–H and O–H groups in total. The highest BCUT2D eigenvalue weighted by Crippen LogP contribution is 2.55. The molecule has 1 saturated heterocycles. The van der Waals surface area contributed by atoms with E-state index in [1.54, 1.807) is 41.7 Å². The molecule has 1 aromatic heterocycles. The summed E-state index contributed by atoms with van der Waals surface area (Å²) >= 11 is 7.83. The van der Waals surface area contributed by atoms with Gasteiger partial charge in [-0.15, -0.1) is 11.3 Å². The average molecular weight is 968 g/mol. The number of benzene rings is 3. The Morgan fingerprint density at radius 1 is 1.00 bits per heavy atom. The highest BCUT2D eigenvalue weighted by molar-refractivity contribution is 7.13. The van der Waals surface area contributed by atoms with E-state index in [2.05, 4.69) is 54.7 Å². The summed E-state index contributed by atoms with van der Waals surface area (Å²) in [6.07, 6.45) is 1.79.